The van der Waals surface area contributed by atoms with Crippen LogP contribution in [0.4, 0.5) is 0 Å². The van der Waals surface area contributed by atoms with Gasteiger partial charge in [-0.1, -0.05) is 71.1 Å². The van der Waals surface area contributed by atoms with Gasteiger partial charge in [0.1, 0.15) is 0 Å². The van der Waals surface area contributed by atoms with Gasteiger partial charge in [-0.15, -0.1) is 0 Å². The molecule has 0 spiro atoms. The van der Waals surface area contributed by atoms with Crippen molar-refractivity contribution in [2.24, 2.45) is 5.92 Å². The number of carbonyl (C=O) groups is 1. The Morgan fingerprint density at radius 1 is 0.944 bits per heavy atom. The van der Waals surface area contributed by atoms with Crippen LogP contribution >= 0.6 is 12.6 Å². The Bertz CT molecular complexity index is 195. The number of thiol groups is 1. The molecule has 2 nitrogen and oxygen atoms in total. The van der Waals surface area contributed by atoms with Gasteiger partial charge in [0, 0.05) is 5.75 Å². The summed E-state index contributed by atoms with van der Waals surface area (Å²) in [6, 6.07) is 0. The third-order valence-electron chi connectivity index (χ3n) is 3.48. The maximum atomic E-state index is 10.8. The molecule has 0 bridgehead atoms. The van der Waals surface area contributed by atoms with Gasteiger partial charge in [0.05, 0.1) is 5.92 Å². The van der Waals surface area contributed by atoms with Gasteiger partial charge in [-0.25, -0.2) is 0 Å². The van der Waals surface area contributed by atoms with Gasteiger partial charge in [-0.2, -0.15) is 12.6 Å². The minimum absolute atomic E-state index is 0.248. The van der Waals surface area contributed by atoms with Crippen molar-refractivity contribution in [2.75, 3.05) is 5.75 Å². The predicted octanol–water partition coefficient (Wildman–Crippen LogP) is 4.93. The summed E-state index contributed by atoms with van der Waals surface area (Å²) in [5.74, 6) is -0.476. The Labute approximate surface area is 118 Å². The first-order chi connectivity index (χ1) is 8.72. The van der Waals surface area contributed by atoms with E-state index in [1.165, 1.54) is 57.8 Å². The van der Waals surface area contributed by atoms with Gasteiger partial charge in [0.2, 0.25) is 0 Å². The molecule has 0 saturated heterocycles. The van der Waals surface area contributed by atoms with Crippen LogP contribution in [0.15, 0.2) is 0 Å². The zero-order valence-corrected chi connectivity index (χ0v) is 12.8. The van der Waals surface area contributed by atoms with E-state index in [1.807, 2.05) is 0 Å². The lowest BCUT2D eigenvalue weighted by atomic mass is 10.0. The number of unbranched alkanes of at least 4 members (excludes halogenated alkanes) is 9. The van der Waals surface area contributed by atoms with E-state index in [1.54, 1.807) is 0 Å². The van der Waals surface area contributed by atoms with E-state index >= 15 is 0 Å². The van der Waals surface area contributed by atoms with E-state index < -0.39 is 5.97 Å². The first kappa shape index (κ1) is 17.8. The normalized spacial score (nSPS) is 12.6. The Hall–Kier alpha value is -0.180. The predicted molar refractivity (Wildman–Crippen MR) is 81.4 cm³/mol. The molecule has 1 atom stereocenters. The molecule has 0 aromatic rings. The van der Waals surface area contributed by atoms with Crippen LogP contribution in [-0.2, 0) is 4.79 Å². The molecular weight excluding hydrogens is 244 g/mol. The monoisotopic (exact) mass is 274 g/mol. The van der Waals surface area contributed by atoms with Crippen LogP contribution in [0.3, 0.4) is 0 Å². The molecule has 18 heavy (non-hydrogen) atoms. The first-order valence-electron chi connectivity index (χ1n) is 7.56. The van der Waals surface area contributed by atoms with E-state index in [2.05, 4.69) is 19.6 Å². The number of carboxylic acid groups (broad SMARTS) is 1. The number of hydrogen-bond acceptors (Lipinski definition) is 2. The third-order valence-corrected chi connectivity index (χ3v) is 3.92. The number of carboxylic acids is 1. The SMILES string of the molecule is CCCCCCCCCCCCC(CS)C(=O)O. The quantitative estimate of drug-likeness (QED) is 0.369. The Morgan fingerprint density at radius 3 is 1.78 bits per heavy atom. The van der Waals surface area contributed by atoms with Gasteiger partial charge in [-0.3, -0.25) is 4.79 Å². The van der Waals surface area contributed by atoms with Crippen molar-refractivity contribution in [3.8, 4) is 0 Å². The van der Waals surface area contributed by atoms with Crippen molar-refractivity contribution in [1.29, 1.82) is 0 Å². The summed E-state index contributed by atoms with van der Waals surface area (Å²) in [7, 11) is 0. The molecule has 0 amide bonds. The van der Waals surface area contributed by atoms with Crippen LogP contribution in [0, 0.1) is 5.92 Å². The summed E-state index contributed by atoms with van der Waals surface area (Å²) < 4.78 is 0. The fourth-order valence-electron chi connectivity index (χ4n) is 2.17. The molecule has 1 unspecified atom stereocenters. The van der Waals surface area contributed by atoms with Gasteiger partial charge in [-0.05, 0) is 6.42 Å². The van der Waals surface area contributed by atoms with Crippen molar-refractivity contribution in [3.05, 3.63) is 0 Å². The summed E-state index contributed by atoms with van der Waals surface area (Å²) >= 11 is 4.07. The van der Waals surface area contributed by atoms with Gasteiger partial charge < -0.3 is 5.11 Å². The Kier molecular flexibility index (Phi) is 13.1. The fraction of sp³-hybridized carbons (Fsp3) is 0.933. The molecule has 0 aromatic carbocycles. The maximum absolute atomic E-state index is 10.8. The highest BCUT2D eigenvalue weighted by atomic mass is 32.1. The third kappa shape index (κ3) is 10.9. The topological polar surface area (TPSA) is 37.3 Å². The van der Waals surface area contributed by atoms with Crippen LogP contribution < -0.4 is 0 Å². The minimum atomic E-state index is -0.694. The second kappa shape index (κ2) is 13.3. The van der Waals surface area contributed by atoms with E-state index in [4.69, 9.17) is 5.11 Å². The summed E-state index contributed by atoms with van der Waals surface area (Å²) in [4.78, 5) is 10.8. The van der Waals surface area contributed by atoms with Crippen LogP contribution in [0.2, 0.25) is 0 Å². The smallest absolute Gasteiger partial charge is 0.307 e. The van der Waals surface area contributed by atoms with Gasteiger partial charge >= 0.3 is 5.97 Å². The minimum Gasteiger partial charge on any atom is -0.481 e. The summed E-state index contributed by atoms with van der Waals surface area (Å²) in [5, 5.41) is 8.87. The van der Waals surface area contributed by atoms with Gasteiger partial charge in [0.15, 0.2) is 0 Å². The first-order valence-corrected chi connectivity index (χ1v) is 8.19. The van der Waals surface area contributed by atoms with Crippen LogP contribution in [-0.4, -0.2) is 16.8 Å². The molecule has 0 aliphatic heterocycles. The molecule has 0 heterocycles. The highest BCUT2D eigenvalue weighted by molar-refractivity contribution is 7.80. The van der Waals surface area contributed by atoms with Crippen LogP contribution in [0.25, 0.3) is 0 Å². The van der Waals surface area contributed by atoms with Gasteiger partial charge in [0.25, 0.3) is 0 Å². The summed E-state index contributed by atoms with van der Waals surface area (Å²) in [6.45, 7) is 2.25. The van der Waals surface area contributed by atoms with Crippen molar-refractivity contribution in [2.45, 2.75) is 77.6 Å². The van der Waals surface area contributed by atoms with E-state index in [0.29, 0.717) is 5.75 Å². The van der Waals surface area contributed by atoms with Crippen molar-refractivity contribution in [3.63, 3.8) is 0 Å². The lowest BCUT2D eigenvalue weighted by molar-refractivity contribution is -0.141. The second-order valence-electron chi connectivity index (χ2n) is 5.19. The molecule has 0 saturated carbocycles. The lowest BCUT2D eigenvalue weighted by Gasteiger charge is -2.08. The van der Waals surface area contributed by atoms with Crippen molar-refractivity contribution in [1.82, 2.24) is 0 Å². The fourth-order valence-corrected chi connectivity index (χ4v) is 2.51. The molecule has 0 fully saturated rings. The van der Waals surface area contributed by atoms with E-state index in [-0.39, 0.29) is 5.92 Å². The zero-order valence-electron chi connectivity index (χ0n) is 11.9. The zero-order chi connectivity index (χ0) is 13.6. The molecule has 0 aromatic heterocycles. The molecule has 0 aliphatic rings. The van der Waals surface area contributed by atoms with Crippen LogP contribution in [0.1, 0.15) is 77.6 Å². The summed E-state index contributed by atoms with van der Waals surface area (Å²) in [5.41, 5.74) is 0. The number of rotatable bonds is 13. The highest BCUT2D eigenvalue weighted by Crippen LogP contribution is 2.14. The molecule has 108 valence electrons. The number of hydrogen-bond donors (Lipinski definition) is 2. The van der Waals surface area contributed by atoms with E-state index in [0.717, 1.165) is 12.8 Å². The summed E-state index contributed by atoms with van der Waals surface area (Å²) in [6.07, 6.45) is 13.7. The average Bonchev–Trinajstić information content (AvgIpc) is 2.35. The van der Waals surface area contributed by atoms with E-state index in [9.17, 15) is 4.79 Å². The standard InChI is InChI=1S/C15H30O2S/c1-2-3-4-5-6-7-8-9-10-11-12-14(13-18)15(16)17/h14,18H,2-13H2,1H3,(H,16,17). The largest absolute Gasteiger partial charge is 0.481 e. The Balaban J connectivity index is 3.18. The van der Waals surface area contributed by atoms with Crippen molar-refractivity contribution < 1.29 is 9.90 Å². The molecule has 3 heteroatoms. The molecule has 1 N–H and O–H groups in total. The maximum Gasteiger partial charge on any atom is 0.307 e. The van der Waals surface area contributed by atoms with Crippen molar-refractivity contribution >= 4 is 18.6 Å². The highest BCUT2D eigenvalue weighted by Gasteiger charge is 2.14. The molecule has 0 aliphatic carbocycles. The Morgan fingerprint density at radius 2 is 1.39 bits per heavy atom. The molecular formula is C15H30O2S. The average molecular weight is 274 g/mol. The molecule has 0 rings (SSSR count). The molecule has 0 radical (unpaired) electrons. The number of aliphatic carboxylic acids is 1. The lowest BCUT2D eigenvalue weighted by Crippen LogP contribution is -2.14. The van der Waals surface area contributed by atoms with Crippen LogP contribution in [0.5, 0.6) is 0 Å². The second-order valence-corrected chi connectivity index (χ2v) is 5.55.